The Labute approximate surface area is 129 Å². The van der Waals surface area contributed by atoms with Gasteiger partial charge in [0.1, 0.15) is 0 Å². The van der Waals surface area contributed by atoms with Crippen LogP contribution in [0.15, 0.2) is 0 Å². The molecule has 1 fully saturated rings. The fourth-order valence-corrected chi connectivity index (χ4v) is 3.66. The van der Waals surface area contributed by atoms with E-state index < -0.39 is 10.2 Å². The van der Waals surface area contributed by atoms with Gasteiger partial charge in [-0.05, 0) is 18.8 Å². The van der Waals surface area contributed by atoms with Crippen molar-refractivity contribution >= 4 is 22.6 Å². The summed E-state index contributed by atoms with van der Waals surface area (Å²) in [5.41, 5.74) is 5.74. The first kappa shape index (κ1) is 20.1. The maximum atomic E-state index is 12.2. The molecule has 3 N–H and O–H groups in total. The smallest absolute Gasteiger partial charge is 0.279 e. The van der Waals surface area contributed by atoms with E-state index in [1.807, 2.05) is 0 Å². The summed E-state index contributed by atoms with van der Waals surface area (Å²) in [6.45, 7) is 1.07. The van der Waals surface area contributed by atoms with Gasteiger partial charge in [-0.2, -0.15) is 17.4 Å². The minimum atomic E-state index is -3.47. The molecule has 0 aromatic rings. The molecule has 0 aromatic heterocycles. The quantitative estimate of drug-likeness (QED) is 0.687. The molecular weight excluding hydrogens is 302 g/mol. The summed E-state index contributed by atoms with van der Waals surface area (Å²) in [5.74, 6) is 0.365. The van der Waals surface area contributed by atoms with Crippen LogP contribution < -0.4 is 10.5 Å². The maximum Gasteiger partial charge on any atom is 0.279 e. The summed E-state index contributed by atoms with van der Waals surface area (Å²) >= 11 is 0. The lowest BCUT2D eigenvalue weighted by molar-refractivity contribution is 0.184. The summed E-state index contributed by atoms with van der Waals surface area (Å²) in [5, 5.41) is 0. The third-order valence-electron chi connectivity index (χ3n) is 3.79. The van der Waals surface area contributed by atoms with Crippen LogP contribution in [0.1, 0.15) is 32.1 Å². The fourth-order valence-electron chi connectivity index (χ4n) is 2.49. The van der Waals surface area contributed by atoms with Gasteiger partial charge < -0.3 is 10.5 Å². The zero-order valence-corrected chi connectivity index (χ0v) is 14.0. The molecule has 1 atom stereocenters. The SMILES string of the molecule is COCCN(C)S(=O)(=O)NC(CN)C1CCCCC1.Cl. The molecule has 0 amide bonds. The van der Waals surface area contributed by atoms with Crippen molar-refractivity contribution < 1.29 is 13.2 Å². The van der Waals surface area contributed by atoms with Crippen molar-refractivity contribution in [3.05, 3.63) is 0 Å². The van der Waals surface area contributed by atoms with Gasteiger partial charge in [-0.3, -0.25) is 0 Å². The van der Waals surface area contributed by atoms with Crippen LogP contribution in [-0.2, 0) is 14.9 Å². The lowest BCUT2D eigenvalue weighted by atomic mass is 9.84. The van der Waals surface area contributed by atoms with Crippen molar-refractivity contribution in [3.8, 4) is 0 Å². The highest BCUT2D eigenvalue weighted by Gasteiger charge is 2.28. The Morgan fingerprint density at radius 1 is 1.35 bits per heavy atom. The summed E-state index contributed by atoms with van der Waals surface area (Å²) < 4.78 is 33.2. The molecule has 0 aromatic carbocycles. The lowest BCUT2D eigenvalue weighted by Crippen LogP contribution is -2.50. The molecule has 122 valence electrons. The molecule has 0 heterocycles. The van der Waals surface area contributed by atoms with Gasteiger partial charge in [0.2, 0.25) is 0 Å². The van der Waals surface area contributed by atoms with E-state index in [4.69, 9.17) is 10.5 Å². The number of rotatable bonds is 8. The number of nitrogens with two attached hydrogens (primary N) is 1. The Kier molecular flexibility index (Phi) is 9.96. The van der Waals surface area contributed by atoms with Crippen LogP contribution in [0.4, 0.5) is 0 Å². The van der Waals surface area contributed by atoms with Gasteiger partial charge in [0.05, 0.1) is 6.61 Å². The molecule has 1 aliphatic rings. The van der Waals surface area contributed by atoms with Gasteiger partial charge in [0.15, 0.2) is 0 Å². The number of methoxy groups -OCH3 is 1. The lowest BCUT2D eigenvalue weighted by Gasteiger charge is -2.31. The topological polar surface area (TPSA) is 84.7 Å². The van der Waals surface area contributed by atoms with Crippen molar-refractivity contribution in [3.63, 3.8) is 0 Å². The van der Waals surface area contributed by atoms with Crippen molar-refractivity contribution in [2.75, 3.05) is 33.9 Å². The van der Waals surface area contributed by atoms with E-state index >= 15 is 0 Å². The van der Waals surface area contributed by atoms with Gasteiger partial charge in [0, 0.05) is 33.3 Å². The average molecular weight is 330 g/mol. The Morgan fingerprint density at radius 2 is 1.95 bits per heavy atom. The standard InChI is InChI=1S/C12H27N3O3S.ClH/c1-15(8-9-18-2)19(16,17)14-12(10-13)11-6-4-3-5-7-11;/h11-12,14H,3-10,13H2,1-2H3;1H. The molecule has 0 aliphatic heterocycles. The number of likely N-dealkylation sites (N-methyl/N-ethyl adjacent to an activating group) is 1. The first-order valence-electron chi connectivity index (χ1n) is 6.94. The molecular formula is C12H28ClN3O3S. The third-order valence-corrected chi connectivity index (χ3v) is 5.40. The molecule has 0 spiro atoms. The number of nitrogens with one attached hydrogen (secondary N) is 1. The molecule has 0 saturated heterocycles. The van der Waals surface area contributed by atoms with Gasteiger partial charge in [-0.15, -0.1) is 12.4 Å². The van der Waals surface area contributed by atoms with E-state index in [0.717, 1.165) is 12.8 Å². The predicted molar refractivity (Wildman–Crippen MR) is 83.2 cm³/mol. The molecule has 1 aliphatic carbocycles. The van der Waals surface area contributed by atoms with Crippen LogP contribution in [0.2, 0.25) is 0 Å². The van der Waals surface area contributed by atoms with E-state index in [9.17, 15) is 8.42 Å². The average Bonchev–Trinajstić information content (AvgIpc) is 2.43. The summed E-state index contributed by atoms with van der Waals surface area (Å²) in [6.07, 6.45) is 5.71. The largest absolute Gasteiger partial charge is 0.383 e. The minimum absolute atomic E-state index is 0. The summed E-state index contributed by atoms with van der Waals surface area (Å²) in [7, 11) is -0.364. The van der Waals surface area contributed by atoms with Crippen LogP contribution in [-0.4, -0.2) is 52.6 Å². The Bertz CT molecular complexity index is 348. The number of hydrogen-bond acceptors (Lipinski definition) is 4. The van der Waals surface area contributed by atoms with Gasteiger partial charge in [-0.1, -0.05) is 19.3 Å². The second kappa shape index (κ2) is 9.92. The minimum Gasteiger partial charge on any atom is -0.383 e. The molecule has 0 bridgehead atoms. The van der Waals surface area contributed by atoms with Crippen molar-refractivity contribution in [2.45, 2.75) is 38.1 Å². The fraction of sp³-hybridized carbons (Fsp3) is 1.00. The number of hydrogen-bond donors (Lipinski definition) is 2. The highest BCUT2D eigenvalue weighted by Crippen LogP contribution is 2.26. The third kappa shape index (κ3) is 6.24. The Morgan fingerprint density at radius 3 is 2.45 bits per heavy atom. The van der Waals surface area contributed by atoms with E-state index in [2.05, 4.69) is 4.72 Å². The van der Waals surface area contributed by atoms with Crippen LogP contribution in [0.25, 0.3) is 0 Å². The highest BCUT2D eigenvalue weighted by molar-refractivity contribution is 7.87. The van der Waals surface area contributed by atoms with Crippen molar-refractivity contribution in [2.24, 2.45) is 11.7 Å². The molecule has 1 rings (SSSR count). The molecule has 1 saturated carbocycles. The van der Waals surface area contributed by atoms with E-state index in [1.165, 1.54) is 23.6 Å². The van der Waals surface area contributed by atoms with E-state index in [0.29, 0.717) is 25.6 Å². The second-order valence-corrected chi connectivity index (χ2v) is 6.99. The van der Waals surface area contributed by atoms with Crippen LogP contribution >= 0.6 is 12.4 Å². The molecule has 20 heavy (non-hydrogen) atoms. The number of nitrogens with zero attached hydrogens (tertiary/aromatic N) is 1. The normalized spacial score (nSPS) is 18.8. The first-order valence-corrected chi connectivity index (χ1v) is 8.38. The summed E-state index contributed by atoms with van der Waals surface area (Å²) in [6, 6.07) is -0.157. The van der Waals surface area contributed by atoms with Crippen LogP contribution in [0, 0.1) is 5.92 Å². The van der Waals surface area contributed by atoms with Crippen LogP contribution in [0.3, 0.4) is 0 Å². The zero-order valence-electron chi connectivity index (χ0n) is 12.4. The molecule has 0 radical (unpaired) electrons. The monoisotopic (exact) mass is 329 g/mol. The van der Waals surface area contributed by atoms with Crippen LogP contribution in [0.5, 0.6) is 0 Å². The van der Waals surface area contributed by atoms with E-state index in [-0.39, 0.29) is 18.4 Å². The van der Waals surface area contributed by atoms with Crippen molar-refractivity contribution in [1.29, 1.82) is 0 Å². The molecule has 8 heteroatoms. The zero-order chi connectivity index (χ0) is 14.3. The molecule has 6 nitrogen and oxygen atoms in total. The van der Waals surface area contributed by atoms with Gasteiger partial charge in [0.25, 0.3) is 10.2 Å². The molecule has 1 unspecified atom stereocenters. The highest BCUT2D eigenvalue weighted by atomic mass is 35.5. The Hall–Kier alpha value is 0.0800. The number of ether oxygens (including phenoxy) is 1. The Balaban J connectivity index is 0.00000361. The maximum absolute atomic E-state index is 12.2. The summed E-state index contributed by atoms with van der Waals surface area (Å²) in [4.78, 5) is 0. The van der Waals surface area contributed by atoms with E-state index in [1.54, 1.807) is 14.2 Å². The first-order chi connectivity index (χ1) is 9.01. The number of halogens is 1. The van der Waals surface area contributed by atoms with Gasteiger partial charge in [-0.25, -0.2) is 0 Å². The second-order valence-electron chi connectivity index (χ2n) is 5.18. The van der Waals surface area contributed by atoms with Gasteiger partial charge >= 0.3 is 0 Å². The van der Waals surface area contributed by atoms with Crippen molar-refractivity contribution in [1.82, 2.24) is 9.03 Å². The predicted octanol–water partition coefficient (Wildman–Crippen LogP) is 0.728.